The molecule has 296 valence electrons. The molecular formula is C45H48FN5O6. The zero-order valence-corrected chi connectivity index (χ0v) is 32.2. The molecule has 11 nitrogen and oxygen atoms in total. The average molecular weight is 774 g/mol. The van der Waals surface area contributed by atoms with Crippen LogP contribution in [0.25, 0.3) is 0 Å². The average Bonchev–Trinajstić information content (AvgIpc) is 3.55. The fourth-order valence-electron chi connectivity index (χ4n) is 9.61. The zero-order valence-electron chi connectivity index (χ0n) is 32.2. The van der Waals surface area contributed by atoms with Gasteiger partial charge >= 0.3 is 0 Å². The van der Waals surface area contributed by atoms with Gasteiger partial charge in [0.2, 0.25) is 11.8 Å². The second kappa shape index (κ2) is 15.4. The maximum absolute atomic E-state index is 16.2. The van der Waals surface area contributed by atoms with E-state index in [2.05, 4.69) is 38.2 Å². The first-order valence-corrected chi connectivity index (χ1v) is 20.1. The van der Waals surface area contributed by atoms with Crippen LogP contribution in [0.1, 0.15) is 70.1 Å². The Morgan fingerprint density at radius 1 is 0.860 bits per heavy atom. The van der Waals surface area contributed by atoms with E-state index in [0.29, 0.717) is 42.5 Å². The number of aromatic hydroxyl groups is 1. The predicted octanol–water partition coefficient (Wildman–Crippen LogP) is 5.65. The lowest BCUT2D eigenvalue weighted by Gasteiger charge is -2.40. The molecule has 3 saturated heterocycles. The normalized spacial score (nSPS) is 22.9. The standard InChI is InChI=1S/C45H48FN5O6/c1-56-34-4-2-3-29(22-34)37-27-57-41-24-33(52)7-9-36(41)43(37)30-5-10-39(38(46)23-30)50-15-13-28(14-16-50)25-48-17-19-49(20-18-48)32-6-8-35-31(21-32)26-51(45(35)55)40-11-12-42(53)47-44(40)54/h2-10,21-24,28,37,40,43,52H,11-20,25-27H2,1H3,(H,47,53,54). The lowest BCUT2D eigenvalue weighted by atomic mass is 9.75. The van der Waals surface area contributed by atoms with Gasteiger partial charge in [0.15, 0.2) is 0 Å². The molecule has 12 heteroatoms. The third kappa shape index (κ3) is 7.27. The summed E-state index contributed by atoms with van der Waals surface area (Å²) in [5.74, 6) is 0.760. The Kier molecular flexibility index (Phi) is 9.98. The number of ether oxygens (including phenoxy) is 2. The minimum absolute atomic E-state index is 0.0723. The van der Waals surface area contributed by atoms with Gasteiger partial charge in [-0.15, -0.1) is 0 Å². The Morgan fingerprint density at radius 2 is 1.68 bits per heavy atom. The number of benzene rings is 4. The minimum atomic E-state index is -0.612. The first kappa shape index (κ1) is 37.0. The number of imide groups is 1. The maximum Gasteiger partial charge on any atom is 0.255 e. The number of hydrogen-bond donors (Lipinski definition) is 2. The molecule has 5 heterocycles. The molecule has 4 aromatic rings. The van der Waals surface area contributed by atoms with Crippen LogP contribution in [0.15, 0.2) is 78.9 Å². The molecule has 3 atom stereocenters. The molecule has 5 aliphatic heterocycles. The topological polar surface area (TPSA) is 115 Å². The van der Waals surface area contributed by atoms with Gasteiger partial charge in [-0.05, 0) is 90.4 Å². The van der Waals surface area contributed by atoms with Crippen LogP contribution in [0.3, 0.4) is 0 Å². The van der Waals surface area contributed by atoms with Gasteiger partial charge in [-0.1, -0.05) is 24.3 Å². The van der Waals surface area contributed by atoms with Crippen LogP contribution in [-0.2, 0) is 16.1 Å². The fraction of sp³-hybridized carbons (Fsp3) is 0.400. The van der Waals surface area contributed by atoms with Crippen molar-refractivity contribution in [1.29, 1.82) is 0 Å². The van der Waals surface area contributed by atoms with Gasteiger partial charge in [-0.25, -0.2) is 4.39 Å². The van der Waals surface area contributed by atoms with Crippen molar-refractivity contribution >= 4 is 29.1 Å². The van der Waals surface area contributed by atoms with E-state index < -0.39 is 11.9 Å². The second-order valence-electron chi connectivity index (χ2n) is 16.1. The van der Waals surface area contributed by atoms with Crippen molar-refractivity contribution in [2.75, 3.05) is 69.3 Å². The van der Waals surface area contributed by atoms with E-state index in [1.807, 2.05) is 42.5 Å². The van der Waals surface area contributed by atoms with Gasteiger partial charge in [0.05, 0.1) is 19.4 Å². The maximum atomic E-state index is 16.2. The van der Waals surface area contributed by atoms with Crippen LogP contribution in [0.5, 0.6) is 17.2 Å². The lowest BCUT2D eigenvalue weighted by Crippen LogP contribution is -2.52. The fourth-order valence-corrected chi connectivity index (χ4v) is 9.61. The van der Waals surface area contributed by atoms with Crippen molar-refractivity contribution in [3.8, 4) is 17.2 Å². The predicted molar refractivity (Wildman–Crippen MR) is 214 cm³/mol. The summed E-state index contributed by atoms with van der Waals surface area (Å²) in [6.07, 6.45) is 2.60. The number of carbonyl (C=O) groups is 3. The molecular weight excluding hydrogens is 726 g/mol. The highest BCUT2D eigenvalue weighted by atomic mass is 19.1. The number of carbonyl (C=O) groups excluding carboxylic acids is 3. The van der Waals surface area contributed by atoms with Gasteiger partial charge in [0.1, 0.15) is 29.1 Å². The summed E-state index contributed by atoms with van der Waals surface area (Å²) in [6, 6.07) is 24.2. The molecule has 9 rings (SSSR count). The monoisotopic (exact) mass is 773 g/mol. The summed E-state index contributed by atoms with van der Waals surface area (Å²) in [4.78, 5) is 45.9. The smallest absolute Gasteiger partial charge is 0.255 e. The van der Waals surface area contributed by atoms with E-state index in [1.54, 1.807) is 30.2 Å². The number of halogens is 1. The third-order valence-corrected chi connectivity index (χ3v) is 12.7. The molecule has 5 aliphatic rings. The van der Waals surface area contributed by atoms with Crippen molar-refractivity contribution in [3.63, 3.8) is 0 Å². The van der Waals surface area contributed by atoms with Crippen LogP contribution in [0.2, 0.25) is 0 Å². The molecule has 57 heavy (non-hydrogen) atoms. The molecule has 3 amide bonds. The van der Waals surface area contributed by atoms with E-state index in [-0.39, 0.29) is 41.6 Å². The number of fused-ring (bicyclic) bond motifs is 2. The SMILES string of the molecule is COc1cccc(C2COc3cc(O)ccc3C2c2ccc(N3CCC(CN4CCN(c5ccc6c(c5)CN(C5CCC(=O)NC5=O)C6=O)CC4)CC3)c(F)c2)c1. The summed E-state index contributed by atoms with van der Waals surface area (Å²) in [5, 5.41) is 12.5. The van der Waals surface area contributed by atoms with Crippen molar-refractivity contribution in [3.05, 3.63) is 112 Å². The molecule has 2 N–H and O–H groups in total. The second-order valence-corrected chi connectivity index (χ2v) is 16.1. The van der Waals surface area contributed by atoms with Crippen LogP contribution in [0.4, 0.5) is 15.8 Å². The first-order chi connectivity index (χ1) is 27.7. The van der Waals surface area contributed by atoms with Gasteiger partial charge in [-0.3, -0.25) is 24.6 Å². The summed E-state index contributed by atoms with van der Waals surface area (Å²) in [7, 11) is 1.65. The molecule has 0 aromatic heterocycles. The van der Waals surface area contributed by atoms with Crippen LogP contribution < -0.4 is 24.6 Å². The van der Waals surface area contributed by atoms with Gasteiger partial charge in [-0.2, -0.15) is 0 Å². The number of methoxy groups -OCH3 is 1. The van der Waals surface area contributed by atoms with E-state index in [0.717, 1.165) is 92.3 Å². The number of amides is 3. The van der Waals surface area contributed by atoms with Crippen molar-refractivity contribution in [1.82, 2.24) is 15.1 Å². The summed E-state index contributed by atoms with van der Waals surface area (Å²) in [6.45, 7) is 7.06. The number of phenols is 1. The Hall–Kier alpha value is -5.62. The first-order valence-electron chi connectivity index (χ1n) is 20.1. The number of hydrogen-bond acceptors (Lipinski definition) is 9. The summed E-state index contributed by atoms with van der Waals surface area (Å²) >= 11 is 0. The van der Waals surface area contributed by atoms with Crippen LogP contribution in [-0.4, -0.2) is 98.2 Å². The number of piperazine rings is 1. The highest BCUT2D eigenvalue weighted by molar-refractivity contribution is 6.05. The van der Waals surface area contributed by atoms with E-state index in [4.69, 9.17) is 9.47 Å². The molecule has 0 radical (unpaired) electrons. The van der Waals surface area contributed by atoms with E-state index in [1.165, 1.54) is 0 Å². The van der Waals surface area contributed by atoms with Gasteiger partial charge in [0, 0.05) is 93.5 Å². The summed E-state index contributed by atoms with van der Waals surface area (Å²) < 4.78 is 27.8. The number of nitrogens with one attached hydrogen (secondary N) is 1. The number of nitrogens with zero attached hydrogens (tertiary/aromatic N) is 4. The van der Waals surface area contributed by atoms with Gasteiger partial charge in [0.25, 0.3) is 5.91 Å². The minimum Gasteiger partial charge on any atom is -0.508 e. The highest BCUT2D eigenvalue weighted by Crippen LogP contribution is 2.48. The molecule has 0 spiro atoms. The Bertz CT molecular complexity index is 2200. The van der Waals surface area contributed by atoms with Crippen molar-refractivity contribution in [2.24, 2.45) is 5.92 Å². The zero-order chi connectivity index (χ0) is 39.2. The summed E-state index contributed by atoms with van der Waals surface area (Å²) in [5.41, 5.74) is 6.12. The van der Waals surface area contributed by atoms with Crippen molar-refractivity contribution < 1.29 is 33.4 Å². The molecule has 0 aliphatic carbocycles. The van der Waals surface area contributed by atoms with Gasteiger partial charge < -0.3 is 29.3 Å². The number of phenolic OH excluding ortho intramolecular Hbond substituents is 1. The van der Waals surface area contributed by atoms with E-state index in [9.17, 15) is 19.5 Å². The quantitative estimate of drug-likeness (QED) is 0.220. The largest absolute Gasteiger partial charge is 0.508 e. The lowest BCUT2D eigenvalue weighted by molar-refractivity contribution is -0.136. The van der Waals surface area contributed by atoms with E-state index >= 15 is 4.39 Å². The van der Waals surface area contributed by atoms with Crippen molar-refractivity contribution in [2.45, 2.75) is 50.1 Å². The number of piperidine rings is 2. The third-order valence-electron chi connectivity index (χ3n) is 12.7. The molecule has 4 aromatic carbocycles. The number of rotatable bonds is 8. The molecule has 3 fully saturated rings. The molecule has 0 saturated carbocycles. The Balaban J connectivity index is 0.802. The molecule has 0 bridgehead atoms. The highest BCUT2D eigenvalue weighted by Gasteiger charge is 2.40. The Morgan fingerprint density at radius 3 is 2.46 bits per heavy atom. The van der Waals surface area contributed by atoms with Crippen LogP contribution >= 0.6 is 0 Å². The number of anilines is 2. The van der Waals surface area contributed by atoms with Crippen LogP contribution in [0, 0.1) is 11.7 Å². The molecule has 3 unspecified atom stereocenters. The Labute approximate surface area is 331 Å².